The monoisotopic (exact) mass is 333 g/mol. The summed E-state index contributed by atoms with van der Waals surface area (Å²) in [4.78, 5) is 11.8. The quantitative estimate of drug-likeness (QED) is 0.591. The van der Waals surface area contributed by atoms with Gasteiger partial charge in [-0.3, -0.25) is 4.79 Å². The fourth-order valence-corrected chi connectivity index (χ4v) is 2.44. The average molecular weight is 333 g/mol. The topological polar surface area (TPSA) is 77.2 Å². The van der Waals surface area contributed by atoms with Crippen molar-refractivity contribution < 1.29 is 13.9 Å². The number of hydrogen-bond acceptors (Lipinski definition) is 6. The summed E-state index contributed by atoms with van der Waals surface area (Å²) in [5, 5.41) is 10.6. The highest BCUT2D eigenvalue weighted by atomic mass is 32.2. The van der Waals surface area contributed by atoms with Gasteiger partial charge in [0.05, 0.1) is 5.25 Å². The smallest absolute Gasteiger partial charge is 0.277 e. The first kappa shape index (κ1) is 17.1. The third-order valence-electron chi connectivity index (χ3n) is 2.87. The summed E-state index contributed by atoms with van der Waals surface area (Å²) >= 11 is 1.20. The van der Waals surface area contributed by atoms with Gasteiger partial charge in [-0.25, -0.2) is 0 Å². The molecule has 0 aliphatic carbocycles. The SMILES string of the molecule is C=CCNC(=O)[C@H](C)Sc1nnc(COc2cccc(C)c2)o1. The van der Waals surface area contributed by atoms with E-state index in [1.165, 1.54) is 11.8 Å². The molecule has 0 aliphatic rings. The van der Waals surface area contributed by atoms with Crippen LogP contribution in [-0.2, 0) is 11.4 Å². The van der Waals surface area contributed by atoms with Gasteiger partial charge < -0.3 is 14.5 Å². The molecule has 1 N–H and O–H groups in total. The number of nitrogens with zero attached hydrogens (tertiary/aromatic N) is 2. The van der Waals surface area contributed by atoms with Gasteiger partial charge in [0.1, 0.15) is 5.75 Å². The van der Waals surface area contributed by atoms with Crippen LogP contribution in [0.25, 0.3) is 0 Å². The number of nitrogens with one attached hydrogen (secondary N) is 1. The van der Waals surface area contributed by atoms with E-state index in [1.807, 2.05) is 31.2 Å². The molecule has 23 heavy (non-hydrogen) atoms. The number of amides is 1. The van der Waals surface area contributed by atoms with Crippen LogP contribution in [0.4, 0.5) is 0 Å². The third kappa shape index (κ3) is 5.45. The van der Waals surface area contributed by atoms with Crippen molar-refractivity contribution in [3.05, 3.63) is 48.4 Å². The van der Waals surface area contributed by atoms with E-state index in [9.17, 15) is 4.79 Å². The van der Waals surface area contributed by atoms with Crippen LogP contribution in [0.3, 0.4) is 0 Å². The minimum Gasteiger partial charge on any atom is -0.484 e. The number of thioether (sulfide) groups is 1. The fourth-order valence-electron chi connectivity index (χ4n) is 1.72. The Morgan fingerprint density at radius 3 is 3.09 bits per heavy atom. The standard InChI is InChI=1S/C16H19N3O3S/c1-4-8-17-15(20)12(3)23-16-19-18-14(22-16)10-21-13-7-5-6-11(2)9-13/h4-7,9,12H,1,8,10H2,2-3H3,(H,17,20)/t12-/m0/s1. The van der Waals surface area contributed by atoms with Crippen molar-refractivity contribution in [2.45, 2.75) is 30.9 Å². The van der Waals surface area contributed by atoms with Gasteiger partial charge >= 0.3 is 0 Å². The number of aromatic nitrogens is 2. The Balaban J connectivity index is 1.85. The number of hydrogen-bond donors (Lipinski definition) is 1. The molecule has 1 heterocycles. The molecule has 0 unspecified atom stereocenters. The molecule has 7 heteroatoms. The average Bonchev–Trinajstić information content (AvgIpc) is 2.98. The maximum Gasteiger partial charge on any atom is 0.277 e. The number of benzene rings is 1. The Morgan fingerprint density at radius 1 is 1.52 bits per heavy atom. The van der Waals surface area contributed by atoms with Crippen molar-refractivity contribution in [1.82, 2.24) is 15.5 Å². The summed E-state index contributed by atoms with van der Waals surface area (Å²) in [6.45, 7) is 7.94. The number of aryl methyl sites for hydroxylation is 1. The molecule has 0 fully saturated rings. The molecule has 0 bridgehead atoms. The molecular weight excluding hydrogens is 314 g/mol. The summed E-state index contributed by atoms with van der Waals surface area (Å²) in [5.74, 6) is 1.01. The lowest BCUT2D eigenvalue weighted by atomic mass is 10.2. The molecule has 122 valence electrons. The van der Waals surface area contributed by atoms with Crippen LogP contribution in [0.15, 0.2) is 46.6 Å². The summed E-state index contributed by atoms with van der Waals surface area (Å²) < 4.78 is 11.1. The third-order valence-corrected chi connectivity index (χ3v) is 3.80. The first-order chi connectivity index (χ1) is 11.1. The van der Waals surface area contributed by atoms with Gasteiger partial charge in [-0.15, -0.1) is 16.8 Å². The maximum absolute atomic E-state index is 11.8. The largest absolute Gasteiger partial charge is 0.484 e. The number of carbonyl (C=O) groups excluding carboxylic acids is 1. The fraction of sp³-hybridized carbons (Fsp3) is 0.312. The molecule has 0 radical (unpaired) electrons. The molecule has 2 aromatic rings. The molecule has 0 saturated heterocycles. The van der Waals surface area contributed by atoms with E-state index in [2.05, 4.69) is 22.1 Å². The van der Waals surface area contributed by atoms with Crippen LogP contribution in [0.2, 0.25) is 0 Å². The van der Waals surface area contributed by atoms with Crippen molar-refractivity contribution in [2.75, 3.05) is 6.54 Å². The van der Waals surface area contributed by atoms with Crippen LogP contribution in [0.5, 0.6) is 5.75 Å². The maximum atomic E-state index is 11.8. The molecule has 2 rings (SSSR count). The van der Waals surface area contributed by atoms with E-state index in [1.54, 1.807) is 13.0 Å². The van der Waals surface area contributed by atoms with Gasteiger partial charge in [-0.2, -0.15) is 0 Å². The van der Waals surface area contributed by atoms with E-state index in [4.69, 9.17) is 9.15 Å². The minimum atomic E-state index is -0.332. The van der Waals surface area contributed by atoms with E-state index >= 15 is 0 Å². The van der Waals surface area contributed by atoms with Crippen molar-refractivity contribution in [2.24, 2.45) is 0 Å². The Bertz CT molecular complexity index is 672. The molecule has 0 aliphatic heterocycles. The van der Waals surface area contributed by atoms with E-state index < -0.39 is 0 Å². The van der Waals surface area contributed by atoms with Crippen molar-refractivity contribution in [1.29, 1.82) is 0 Å². The number of ether oxygens (including phenoxy) is 1. The van der Waals surface area contributed by atoms with Gasteiger partial charge in [0.15, 0.2) is 6.61 Å². The summed E-state index contributed by atoms with van der Waals surface area (Å²) in [6.07, 6.45) is 1.63. The lowest BCUT2D eigenvalue weighted by Crippen LogP contribution is -2.30. The second-order valence-corrected chi connectivity index (χ2v) is 6.15. The highest BCUT2D eigenvalue weighted by molar-refractivity contribution is 8.00. The Labute approximate surface area is 139 Å². The molecule has 1 aromatic heterocycles. The minimum absolute atomic E-state index is 0.106. The predicted molar refractivity (Wildman–Crippen MR) is 88.3 cm³/mol. The molecule has 1 atom stereocenters. The highest BCUT2D eigenvalue weighted by Crippen LogP contribution is 2.22. The lowest BCUT2D eigenvalue weighted by molar-refractivity contribution is -0.120. The van der Waals surface area contributed by atoms with Crippen LogP contribution in [0, 0.1) is 6.92 Å². The Hall–Kier alpha value is -2.28. The van der Waals surface area contributed by atoms with E-state index in [-0.39, 0.29) is 17.8 Å². The zero-order valence-electron chi connectivity index (χ0n) is 13.1. The van der Waals surface area contributed by atoms with Gasteiger partial charge in [0.2, 0.25) is 5.91 Å². The first-order valence-electron chi connectivity index (χ1n) is 7.15. The normalized spacial score (nSPS) is 11.7. The summed E-state index contributed by atoms with van der Waals surface area (Å²) in [5.41, 5.74) is 1.11. The summed E-state index contributed by atoms with van der Waals surface area (Å²) in [6, 6.07) is 7.71. The molecule has 1 aromatic carbocycles. The van der Waals surface area contributed by atoms with Gasteiger partial charge in [0, 0.05) is 6.54 Å². The van der Waals surface area contributed by atoms with Gasteiger partial charge in [-0.1, -0.05) is 30.0 Å². The van der Waals surface area contributed by atoms with Crippen LogP contribution in [0.1, 0.15) is 18.4 Å². The number of rotatable bonds is 8. The molecule has 0 spiro atoms. The predicted octanol–water partition coefficient (Wildman–Crippen LogP) is 2.74. The van der Waals surface area contributed by atoms with Gasteiger partial charge in [-0.05, 0) is 31.5 Å². The first-order valence-corrected chi connectivity index (χ1v) is 8.03. The molecule has 0 saturated carbocycles. The molecule has 6 nitrogen and oxygen atoms in total. The zero-order valence-corrected chi connectivity index (χ0v) is 13.9. The van der Waals surface area contributed by atoms with Crippen LogP contribution >= 0.6 is 11.8 Å². The Morgan fingerprint density at radius 2 is 2.35 bits per heavy atom. The van der Waals surface area contributed by atoms with Crippen LogP contribution in [-0.4, -0.2) is 27.9 Å². The molecule has 1 amide bonds. The number of carbonyl (C=O) groups is 1. The Kier molecular flexibility index (Phi) is 6.22. The van der Waals surface area contributed by atoms with Crippen molar-refractivity contribution in [3.63, 3.8) is 0 Å². The van der Waals surface area contributed by atoms with Crippen LogP contribution < -0.4 is 10.1 Å². The second-order valence-electron chi connectivity index (χ2n) is 4.86. The van der Waals surface area contributed by atoms with E-state index in [0.717, 1.165) is 11.3 Å². The zero-order chi connectivity index (χ0) is 16.7. The van der Waals surface area contributed by atoms with E-state index in [0.29, 0.717) is 17.7 Å². The van der Waals surface area contributed by atoms with Crippen molar-refractivity contribution in [3.8, 4) is 5.75 Å². The molecular formula is C16H19N3O3S. The van der Waals surface area contributed by atoms with Crippen molar-refractivity contribution >= 4 is 17.7 Å². The highest BCUT2D eigenvalue weighted by Gasteiger charge is 2.17. The van der Waals surface area contributed by atoms with Gasteiger partial charge in [0.25, 0.3) is 11.1 Å². The second kappa shape index (κ2) is 8.38. The lowest BCUT2D eigenvalue weighted by Gasteiger charge is -2.07. The summed E-state index contributed by atoms with van der Waals surface area (Å²) in [7, 11) is 0.